The third kappa shape index (κ3) is 2.95. The number of benzene rings is 2. The Morgan fingerprint density at radius 3 is 1.84 bits per heavy atom. The van der Waals surface area contributed by atoms with Crippen LogP contribution in [0.3, 0.4) is 0 Å². The van der Waals surface area contributed by atoms with Gasteiger partial charge in [0.25, 0.3) is 0 Å². The van der Waals surface area contributed by atoms with Gasteiger partial charge in [-0.2, -0.15) is 0 Å². The van der Waals surface area contributed by atoms with Crippen molar-refractivity contribution in [3.05, 3.63) is 69.2 Å². The van der Waals surface area contributed by atoms with Gasteiger partial charge in [-0.25, -0.2) is 4.79 Å². The highest BCUT2D eigenvalue weighted by Gasteiger charge is 2.11. The quantitative estimate of drug-likeness (QED) is 0.873. The molecule has 0 spiro atoms. The minimum atomic E-state index is -1.03. The van der Waals surface area contributed by atoms with Crippen LogP contribution in [0.25, 0.3) is 0 Å². The van der Waals surface area contributed by atoms with Crippen LogP contribution in [-0.2, 0) is 0 Å². The molecule has 0 radical (unpaired) electrons. The van der Waals surface area contributed by atoms with E-state index >= 15 is 0 Å². The molecule has 0 aliphatic rings. The molecule has 1 N–H and O–H groups in total. The maximum atomic E-state index is 12.1. The Morgan fingerprint density at radius 2 is 1.32 bits per heavy atom. The van der Waals surface area contributed by atoms with E-state index < -0.39 is 5.97 Å². The molecule has 96 valence electrons. The minimum absolute atomic E-state index is 0.130. The number of rotatable bonds is 3. The number of hydrogen-bond acceptors (Lipinski definition) is 2. The number of carbonyl (C=O) groups excluding carboxylic acids is 1. The van der Waals surface area contributed by atoms with Crippen molar-refractivity contribution in [2.24, 2.45) is 0 Å². The Bertz CT molecular complexity index is 648. The Labute approximate surface area is 119 Å². The number of carboxylic acid groups (broad SMARTS) is 1. The molecule has 0 aromatic heterocycles. The second kappa shape index (κ2) is 5.43. The highest BCUT2D eigenvalue weighted by molar-refractivity contribution is 6.42. The van der Waals surface area contributed by atoms with E-state index in [4.69, 9.17) is 28.3 Å². The third-order valence-corrected chi connectivity index (χ3v) is 3.31. The summed E-state index contributed by atoms with van der Waals surface area (Å²) in [5.74, 6) is -1.27. The fourth-order valence-electron chi connectivity index (χ4n) is 1.57. The molecule has 3 nitrogen and oxygen atoms in total. The van der Waals surface area contributed by atoms with Crippen LogP contribution in [0.1, 0.15) is 26.3 Å². The molecule has 0 bridgehead atoms. The third-order valence-electron chi connectivity index (χ3n) is 2.58. The monoisotopic (exact) mass is 294 g/mol. The van der Waals surface area contributed by atoms with Gasteiger partial charge >= 0.3 is 5.97 Å². The molecule has 0 fully saturated rings. The van der Waals surface area contributed by atoms with Crippen molar-refractivity contribution in [3.8, 4) is 0 Å². The standard InChI is InChI=1S/C14H8Cl2O3/c15-11-6-5-10(7-12(11)16)13(17)8-1-3-9(4-2-8)14(18)19/h1-7H,(H,18,19). The molecular weight excluding hydrogens is 287 g/mol. The normalized spacial score (nSPS) is 10.2. The summed E-state index contributed by atoms with van der Waals surface area (Å²) in [6, 6.07) is 10.3. The Balaban J connectivity index is 2.33. The molecule has 2 aromatic carbocycles. The van der Waals surface area contributed by atoms with Gasteiger partial charge in [0.1, 0.15) is 0 Å². The molecule has 0 unspecified atom stereocenters. The van der Waals surface area contributed by atoms with Crippen LogP contribution < -0.4 is 0 Å². The molecule has 0 aliphatic heterocycles. The molecule has 0 saturated heterocycles. The molecule has 19 heavy (non-hydrogen) atoms. The van der Waals surface area contributed by atoms with Crippen molar-refractivity contribution in [3.63, 3.8) is 0 Å². The number of carbonyl (C=O) groups is 2. The fourth-order valence-corrected chi connectivity index (χ4v) is 1.87. The van der Waals surface area contributed by atoms with Gasteiger partial charge in [0.15, 0.2) is 5.78 Å². The zero-order valence-electron chi connectivity index (χ0n) is 9.56. The van der Waals surface area contributed by atoms with Gasteiger partial charge in [-0.15, -0.1) is 0 Å². The maximum Gasteiger partial charge on any atom is 0.335 e. The molecule has 0 saturated carbocycles. The second-order valence-corrected chi connectivity index (χ2v) is 4.65. The minimum Gasteiger partial charge on any atom is -0.478 e. The van der Waals surface area contributed by atoms with Crippen molar-refractivity contribution < 1.29 is 14.7 Å². The van der Waals surface area contributed by atoms with Crippen LogP contribution in [-0.4, -0.2) is 16.9 Å². The first kappa shape index (κ1) is 13.6. The summed E-state index contributed by atoms with van der Waals surface area (Å²) in [6.45, 7) is 0. The Morgan fingerprint density at radius 1 is 0.789 bits per heavy atom. The van der Waals surface area contributed by atoms with Crippen LogP contribution in [0.15, 0.2) is 42.5 Å². The van der Waals surface area contributed by atoms with Crippen LogP contribution >= 0.6 is 23.2 Å². The van der Waals surface area contributed by atoms with Gasteiger partial charge in [0.05, 0.1) is 15.6 Å². The first-order valence-electron chi connectivity index (χ1n) is 5.32. The zero-order valence-corrected chi connectivity index (χ0v) is 11.1. The summed E-state index contributed by atoms with van der Waals surface area (Å²) in [5.41, 5.74) is 0.923. The predicted octanol–water partition coefficient (Wildman–Crippen LogP) is 3.92. The van der Waals surface area contributed by atoms with E-state index in [1.165, 1.54) is 30.3 Å². The maximum absolute atomic E-state index is 12.1. The van der Waals surface area contributed by atoms with Crippen molar-refractivity contribution in [2.45, 2.75) is 0 Å². The second-order valence-electron chi connectivity index (χ2n) is 3.84. The van der Waals surface area contributed by atoms with E-state index in [1.807, 2.05) is 0 Å². The molecule has 2 aromatic rings. The van der Waals surface area contributed by atoms with Crippen LogP contribution in [0.5, 0.6) is 0 Å². The van der Waals surface area contributed by atoms with Gasteiger partial charge in [-0.3, -0.25) is 4.79 Å². The molecule has 0 heterocycles. The van der Waals surface area contributed by atoms with Crippen molar-refractivity contribution >= 4 is 35.0 Å². The lowest BCUT2D eigenvalue weighted by molar-refractivity contribution is 0.0696. The number of hydrogen-bond donors (Lipinski definition) is 1. The van der Waals surface area contributed by atoms with E-state index in [1.54, 1.807) is 12.1 Å². The summed E-state index contributed by atoms with van der Waals surface area (Å²) in [5, 5.41) is 9.46. The van der Waals surface area contributed by atoms with Gasteiger partial charge in [-0.1, -0.05) is 35.3 Å². The van der Waals surface area contributed by atoms with Crippen molar-refractivity contribution in [1.29, 1.82) is 0 Å². The van der Waals surface area contributed by atoms with Gasteiger partial charge in [-0.05, 0) is 30.3 Å². The molecule has 5 heteroatoms. The summed E-state index contributed by atoms with van der Waals surface area (Å²) in [6.07, 6.45) is 0. The van der Waals surface area contributed by atoms with E-state index in [-0.39, 0.29) is 11.3 Å². The van der Waals surface area contributed by atoms with Crippen LogP contribution in [0.4, 0.5) is 0 Å². The Kier molecular flexibility index (Phi) is 3.88. The molecule has 0 aliphatic carbocycles. The SMILES string of the molecule is O=C(O)c1ccc(C(=O)c2ccc(Cl)c(Cl)c2)cc1. The largest absolute Gasteiger partial charge is 0.478 e. The van der Waals surface area contributed by atoms with Crippen LogP contribution in [0.2, 0.25) is 10.0 Å². The number of ketones is 1. The lowest BCUT2D eigenvalue weighted by Gasteiger charge is -2.03. The summed E-state index contributed by atoms with van der Waals surface area (Å²) in [7, 11) is 0. The number of carboxylic acids is 1. The molecule has 2 rings (SSSR count). The highest BCUT2D eigenvalue weighted by atomic mass is 35.5. The average Bonchev–Trinajstić information content (AvgIpc) is 2.41. The highest BCUT2D eigenvalue weighted by Crippen LogP contribution is 2.24. The van der Waals surface area contributed by atoms with E-state index in [9.17, 15) is 9.59 Å². The topological polar surface area (TPSA) is 54.4 Å². The van der Waals surface area contributed by atoms with E-state index in [2.05, 4.69) is 0 Å². The van der Waals surface area contributed by atoms with Gasteiger partial charge in [0.2, 0.25) is 0 Å². The van der Waals surface area contributed by atoms with Gasteiger partial charge < -0.3 is 5.11 Å². The Hall–Kier alpha value is -1.84. The molecule has 0 atom stereocenters. The first-order chi connectivity index (χ1) is 8.99. The first-order valence-corrected chi connectivity index (χ1v) is 6.08. The zero-order chi connectivity index (χ0) is 14.0. The lowest BCUT2D eigenvalue weighted by atomic mass is 10.0. The smallest absolute Gasteiger partial charge is 0.335 e. The summed E-state index contributed by atoms with van der Waals surface area (Å²) >= 11 is 11.6. The number of halogens is 2. The van der Waals surface area contributed by atoms with Gasteiger partial charge in [0, 0.05) is 11.1 Å². The fraction of sp³-hybridized carbons (Fsp3) is 0. The number of aromatic carboxylic acids is 1. The lowest BCUT2D eigenvalue weighted by Crippen LogP contribution is -2.03. The van der Waals surface area contributed by atoms with E-state index in [0.29, 0.717) is 21.2 Å². The summed E-state index contributed by atoms with van der Waals surface area (Å²) < 4.78 is 0. The van der Waals surface area contributed by atoms with E-state index in [0.717, 1.165) is 0 Å². The average molecular weight is 295 g/mol. The predicted molar refractivity (Wildman–Crippen MR) is 73.3 cm³/mol. The molecule has 0 amide bonds. The van der Waals surface area contributed by atoms with Crippen LogP contribution in [0, 0.1) is 0 Å². The summed E-state index contributed by atoms with van der Waals surface area (Å²) in [4.78, 5) is 22.9. The van der Waals surface area contributed by atoms with Crippen molar-refractivity contribution in [1.82, 2.24) is 0 Å². The van der Waals surface area contributed by atoms with Crippen molar-refractivity contribution in [2.75, 3.05) is 0 Å². The molecular formula is C14H8Cl2O3.